The van der Waals surface area contributed by atoms with Crippen LogP contribution in [-0.2, 0) is 9.53 Å². The number of allylic oxidation sites excluding steroid dienone is 1. The molecule has 1 atom stereocenters. The lowest BCUT2D eigenvalue weighted by Crippen LogP contribution is -2.40. The van der Waals surface area contributed by atoms with Gasteiger partial charge in [-0.15, -0.1) is 0 Å². The Kier molecular flexibility index (Phi) is 9.16. The number of benzene rings is 2. The van der Waals surface area contributed by atoms with E-state index in [9.17, 15) is 9.59 Å². The molecule has 0 aliphatic carbocycles. The molecule has 0 saturated carbocycles. The Hall–Kier alpha value is -3.12. The van der Waals surface area contributed by atoms with Crippen LogP contribution < -0.4 is 29.1 Å². The molecule has 0 unspecified atom stereocenters. The lowest BCUT2D eigenvalue weighted by molar-refractivity contribution is -0.139. The van der Waals surface area contributed by atoms with E-state index in [2.05, 4.69) is 27.6 Å². The molecule has 1 aliphatic heterocycles. The summed E-state index contributed by atoms with van der Waals surface area (Å²) in [4.78, 5) is 32.4. The lowest BCUT2D eigenvalue weighted by Gasteiger charge is -2.26. The highest BCUT2D eigenvalue weighted by Gasteiger charge is 2.35. The Morgan fingerprint density at radius 2 is 1.92 bits per heavy atom. The Morgan fingerprint density at radius 1 is 1.18 bits per heavy atom. The first-order valence-corrected chi connectivity index (χ1v) is 14.5. The normalized spacial score (nSPS) is 15.2. The van der Waals surface area contributed by atoms with E-state index >= 15 is 0 Å². The maximum absolute atomic E-state index is 14.0. The fraction of sp³-hybridized carbons (Fsp3) is 0.345. The van der Waals surface area contributed by atoms with Crippen LogP contribution in [0.2, 0.25) is 0 Å². The van der Waals surface area contributed by atoms with Crippen molar-refractivity contribution in [1.29, 1.82) is 0 Å². The number of carbonyl (C=O) groups excluding carboxylic acids is 1. The first-order valence-electron chi connectivity index (χ1n) is 12.7. The number of methoxy groups -OCH3 is 1. The van der Waals surface area contributed by atoms with Crippen LogP contribution >= 0.6 is 33.9 Å². The zero-order chi connectivity index (χ0) is 28.3. The number of thiazole rings is 1. The van der Waals surface area contributed by atoms with Crippen molar-refractivity contribution in [3.05, 3.63) is 82.1 Å². The summed E-state index contributed by atoms with van der Waals surface area (Å²) >= 11 is 3.46. The molecule has 0 fully saturated rings. The second kappa shape index (κ2) is 12.4. The fourth-order valence-corrected chi connectivity index (χ4v) is 6.33. The summed E-state index contributed by atoms with van der Waals surface area (Å²) in [6.45, 7) is 9.97. The molecule has 39 heavy (non-hydrogen) atoms. The molecule has 0 radical (unpaired) electrons. The van der Waals surface area contributed by atoms with Gasteiger partial charge in [-0.1, -0.05) is 29.5 Å². The predicted octanol–water partition coefficient (Wildman–Crippen LogP) is 4.60. The van der Waals surface area contributed by atoms with E-state index in [4.69, 9.17) is 18.9 Å². The van der Waals surface area contributed by atoms with Gasteiger partial charge in [0, 0.05) is 5.56 Å². The zero-order valence-corrected chi connectivity index (χ0v) is 25.7. The molecule has 0 N–H and O–H groups in total. The minimum Gasteiger partial charge on any atom is -0.492 e. The number of aromatic nitrogens is 1. The van der Waals surface area contributed by atoms with E-state index in [0.29, 0.717) is 50.0 Å². The number of fused-ring (bicyclic) bond motifs is 1. The van der Waals surface area contributed by atoms with E-state index in [0.717, 1.165) is 9.13 Å². The van der Waals surface area contributed by atoms with Gasteiger partial charge in [0.1, 0.15) is 11.8 Å². The van der Waals surface area contributed by atoms with Crippen molar-refractivity contribution < 1.29 is 23.7 Å². The number of hydrogen-bond acceptors (Lipinski definition) is 8. The maximum atomic E-state index is 14.0. The number of rotatable bonds is 9. The summed E-state index contributed by atoms with van der Waals surface area (Å²) in [5, 5.41) is 0. The van der Waals surface area contributed by atoms with Gasteiger partial charge in [0.25, 0.3) is 5.56 Å². The molecular weight excluding hydrogens is 631 g/mol. The summed E-state index contributed by atoms with van der Waals surface area (Å²) in [7, 11) is 1.60. The van der Waals surface area contributed by atoms with Gasteiger partial charge in [0.15, 0.2) is 16.3 Å². The number of halogens is 1. The molecule has 0 saturated heterocycles. The van der Waals surface area contributed by atoms with Crippen LogP contribution in [0.5, 0.6) is 17.2 Å². The first-order chi connectivity index (χ1) is 18.7. The smallest absolute Gasteiger partial charge is 0.338 e. The summed E-state index contributed by atoms with van der Waals surface area (Å²) in [6.07, 6.45) is 1.71. The van der Waals surface area contributed by atoms with E-state index in [1.807, 2.05) is 63.2 Å². The van der Waals surface area contributed by atoms with Gasteiger partial charge >= 0.3 is 5.97 Å². The van der Waals surface area contributed by atoms with Crippen LogP contribution in [0.15, 0.2) is 57.5 Å². The Balaban J connectivity index is 1.96. The van der Waals surface area contributed by atoms with Crippen LogP contribution in [0, 0.1) is 3.57 Å². The molecule has 4 rings (SSSR count). The minimum atomic E-state index is -0.757. The highest BCUT2D eigenvalue weighted by Crippen LogP contribution is 2.37. The van der Waals surface area contributed by atoms with Crippen molar-refractivity contribution in [2.75, 3.05) is 20.3 Å². The summed E-state index contributed by atoms with van der Waals surface area (Å²) in [5.74, 6) is 1.33. The second-order valence-corrected chi connectivity index (χ2v) is 11.1. The molecule has 1 aliphatic rings. The van der Waals surface area contributed by atoms with Gasteiger partial charge in [-0.25, -0.2) is 9.79 Å². The average Bonchev–Trinajstić information content (AvgIpc) is 3.17. The molecule has 8 nitrogen and oxygen atoms in total. The molecule has 10 heteroatoms. The van der Waals surface area contributed by atoms with Crippen LogP contribution in [0.1, 0.15) is 51.8 Å². The number of ether oxygens (including phenoxy) is 4. The van der Waals surface area contributed by atoms with Crippen molar-refractivity contribution >= 4 is 46.0 Å². The third kappa shape index (κ3) is 5.91. The third-order valence-electron chi connectivity index (χ3n) is 5.93. The van der Waals surface area contributed by atoms with Crippen molar-refractivity contribution in [2.24, 2.45) is 4.99 Å². The van der Waals surface area contributed by atoms with E-state index in [1.54, 1.807) is 25.5 Å². The highest BCUT2D eigenvalue weighted by atomic mass is 127. The molecule has 206 valence electrons. The first kappa shape index (κ1) is 28.9. The summed E-state index contributed by atoms with van der Waals surface area (Å²) in [6, 6.07) is 10.5. The minimum absolute atomic E-state index is 0.102. The number of carbonyl (C=O) groups is 1. The maximum Gasteiger partial charge on any atom is 0.338 e. The number of esters is 1. The van der Waals surface area contributed by atoms with E-state index in [-0.39, 0.29) is 18.3 Å². The summed E-state index contributed by atoms with van der Waals surface area (Å²) < 4.78 is 25.7. The van der Waals surface area contributed by atoms with Crippen LogP contribution in [0.4, 0.5) is 0 Å². The Labute approximate surface area is 244 Å². The van der Waals surface area contributed by atoms with Gasteiger partial charge in [-0.2, -0.15) is 0 Å². The van der Waals surface area contributed by atoms with Crippen LogP contribution in [0.3, 0.4) is 0 Å². The van der Waals surface area contributed by atoms with Gasteiger partial charge in [0.2, 0.25) is 0 Å². The Bertz CT molecular complexity index is 1600. The van der Waals surface area contributed by atoms with Gasteiger partial charge < -0.3 is 18.9 Å². The van der Waals surface area contributed by atoms with E-state index in [1.165, 1.54) is 11.3 Å². The molecule has 0 spiro atoms. The zero-order valence-electron chi connectivity index (χ0n) is 22.7. The molecule has 1 aromatic heterocycles. The second-order valence-electron chi connectivity index (χ2n) is 8.97. The number of hydrogen-bond donors (Lipinski definition) is 0. The van der Waals surface area contributed by atoms with Gasteiger partial charge in [-0.05, 0) is 87.0 Å². The van der Waals surface area contributed by atoms with Gasteiger partial charge in [-0.3, -0.25) is 9.36 Å². The predicted molar refractivity (Wildman–Crippen MR) is 159 cm³/mol. The number of para-hydroxylation sites is 1. The topological polar surface area (TPSA) is 88.4 Å². The average molecular weight is 663 g/mol. The highest BCUT2D eigenvalue weighted by molar-refractivity contribution is 14.1. The lowest BCUT2D eigenvalue weighted by atomic mass is 9.95. The molecule has 2 aromatic carbocycles. The monoisotopic (exact) mass is 662 g/mol. The molecule has 0 bridgehead atoms. The quantitative estimate of drug-likeness (QED) is 0.246. The van der Waals surface area contributed by atoms with Crippen molar-refractivity contribution in [2.45, 2.75) is 46.8 Å². The molecule has 2 heterocycles. The molecular formula is C29H31IN2O6S. The van der Waals surface area contributed by atoms with Crippen molar-refractivity contribution in [3.63, 3.8) is 0 Å². The number of nitrogens with zero attached hydrogens (tertiary/aromatic N) is 2. The van der Waals surface area contributed by atoms with E-state index < -0.39 is 12.0 Å². The molecule has 0 amide bonds. The van der Waals surface area contributed by atoms with Crippen LogP contribution in [-0.4, -0.2) is 37.0 Å². The van der Waals surface area contributed by atoms with Gasteiger partial charge in [0.05, 0.1) is 45.8 Å². The fourth-order valence-electron chi connectivity index (χ4n) is 4.44. The third-order valence-corrected chi connectivity index (χ3v) is 7.71. The molecule has 3 aromatic rings. The van der Waals surface area contributed by atoms with Crippen molar-refractivity contribution in [1.82, 2.24) is 4.57 Å². The Morgan fingerprint density at radius 3 is 2.59 bits per heavy atom. The van der Waals surface area contributed by atoms with Crippen molar-refractivity contribution in [3.8, 4) is 17.2 Å². The van der Waals surface area contributed by atoms with Crippen LogP contribution in [0.25, 0.3) is 6.08 Å². The largest absolute Gasteiger partial charge is 0.492 e. The summed E-state index contributed by atoms with van der Waals surface area (Å²) in [5.41, 5.74) is 2.03. The standard InChI is InChI=1S/C29H31IN2O6S/c1-7-36-22-14-18(13-20(30)26(22)35-6)15-23-27(33)32-25(19-11-9-10-12-21(19)38-16(3)4)24(28(34)37-8-2)17(5)31-29(32)39-23/h9-16,25H,7-8H2,1-6H3/b23-15-/t25-/m1/s1. The SMILES string of the molecule is CCOC(=O)C1=C(C)N=c2s/c(=C\c3cc(I)c(OC)c(OCC)c3)c(=O)n2[C@@H]1c1ccccc1OC(C)C.